The van der Waals surface area contributed by atoms with Gasteiger partial charge in [-0.15, -0.1) is 0 Å². The number of benzene rings is 1. The highest BCUT2D eigenvalue weighted by atomic mass is 16.6. The normalized spacial score (nSPS) is 23.4. The minimum Gasteiger partial charge on any atom is -0.486 e. The van der Waals surface area contributed by atoms with E-state index >= 15 is 0 Å². The van der Waals surface area contributed by atoms with E-state index in [0.29, 0.717) is 11.8 Å². The molecule has 2 atom stereocenters. The van der Waals surface area contributed by atoms with Crippen LogP contribution in [0.2, 0.25) is 0 Å². The number of hydrogen-bond donors (Lipinski definition) is 1. The van der Waals surface area contributed by atoms with Crippen molar-refractivity contribution in [3.05, 3.63) is 34.4 Å². The van der Waals surface area contributed by atoms with Crippen molar-refractivity contribution in [2.75, 3.05) is 32.8 Å². The number of nitrogens with one attached hydrogen (secondary N) is 1. The van der Waals surface area contributed by atoms with Gasteiger partial charge in [0, 0.05) is 32.2 Å². The Morgan fingerprint density at radius 2 is 2.00 bits per heavy atom. The van der Waals surface area contributed by atoms with Crippen molar-refractivity contribution in [2.24, 2.45) is 11.8 Å². The predicted molar refractivity (Wildman–Crippen MR) is 79.6 cm³/mol. The van der Waals surface area contributed by atoms with Gasteiger partial charge in [0.05, 0.1) is 18.0 Å². The molecule has 22 heavy (non-hydrogen) atoms. The number of nitro benzene ring substituents is 1. The summed E-state index contributed by atoms with van der Waals surface area (Å²) in [5, 5.41) is 14.2. The molecule has 0 saturated carbocycles. The van der Waals surface area contributed by atoms with Gasteiger partial charge in [-0.2, -0.15) is 0 Å². The summed E-state index contributed by atoms with van der Waals surface area (Å²) in [6, 6.07) is 6.21. The van der Waals surface area contributed by atoms with E-state index in [1.807, 2.05) is 4.90 Å². The number of fused-ring (bicyclic) bond motifs is 1. The molecule has 7 heteroatoms. The van der Waals surface area contributed by atoms with Crippen LogP contribution in [0.15, 0.2) is 24.3 Å². The minimum atomic E-state index is -0.480. The highest BCUT2D eigenvalue weighted by Gasteiger charge is 2.37. The van der Waals surface area contributed by atoms with Gasteiger partial charge in [-0.3, -0.25) is 14.9 Å². The fourth-order valence-corrected chi connectivity index (χ4v) is 3.20. The van der Waals surface area contributed by atoms with Gasteiger partial charge in [-0.1, -0.05) is 12.1 Å². The van der Waals surface area contributed by atoms with Gasteiger partial charge in [-0.05, 0) is 17.9 Å². The molecule has 1 aromatic rings. The molecule has 1 aromatic carbocycles. The smallest absolute Gasteiger partial charge is 0.310 e. The Morgan fingerprint density at radius 3 is 2.68 bits per heavy atom. The standard InChI is InChI=1S/C15H19N3O4/c19-15(17-9-11-7-16-8-12(11)10-17)5-6-22-14-4-2-1-3-13(14)18(20)21/h1-4,11-12,16H,5-10H2/t11-,12+. The van der Waals surface area contributed by atoms with Gasteiger partial charge in [-0.25, -0.2) is 0 Å². The average Bonchev–Trinajstić information content (AvgIpc) is 3.08. The Kier molecular flexibility index (Phi) is 4.24. The maximum absolute atomic E-state index is 12.2. The molecule has 0 bridgehead atoms. The number of carbonyl (C=O) groups is 1. The van der Waals surface area contributed by atoms with Crippen molar-refractivity contribution >= 4 is 11.6 Å². The van der Waals surface area contributed by atoms with Crippen molar-refractivity contribution < 1.29 is 14.5 Å². The number of likely N-dealkylation sites (tertiary alicyclic amines) is 1. The number of para-hydroxylation sites is 2. The van der Waals surface area contributed by atoms with Crippen molar-refractivity contribution in [3.63, 3.8) is 0 Å². The van der Waals surface area contributed by atoms with Crippen LogP contribution in [0.4, 0.5) is 5.69 Å². The summed E-state index contributed by atoms with van der Waals surface area (Å²) in [6.07, 6.45) is 0.249. The fraction of sp³-hybridized carbons (Fsp3) is 0.533. The molecule has 118 valence electrons. The van der Waals surface area contributed by atoms with Crippen molar-refractivity contribution in [1.29, 1.82) is 0 Å². The zero-order valence-electron chi connectivity index (χ0n) is 12.2. The number of carbonyl (C=O) groups excluding carboxylic acids is 1. The number of amides is 1. The first-order valence-corrected chi connectivity index (χ1v) is 7.50. The molecule has 0 aliphatic carbocycles. The summed E-state index contributed by atoms with van der Waals surface area (Å²) in [5.41, 5.74) is -0.0725. The van der Waals surface area contributed by atoms with Crippen LogP contribution < -0.4 is 10.1 Å². The lowest BCUT2D eigenvalue weighted by Gasteiger charge is -2.17. The molecule has 3 rings (SSSR count). The Labute approximate surface area is 128 Å². The minimum absolute atomic E-state index is 0.0629. The summed E-state index contributed by atoms with van der Waals surface area (Å²) in [4.78, 5) is 24.5. The van der Waals surface area contributed by atoms with Crippen LogP contribution in [0.1, 0.15) is 6.42 Å². The van der Waals surface area contributed by atoms with Crippen molar-refractivity contribution in [2.45, 2.75) is 6.42 Å². The second kappa shape index (κ2) is 6.31. The van der Waals surface area contributed by atoms with E-state index in [-0.39, 0.29) is 30.4 Å². The van der Waals surface area contributed by atoms with Crippen LogP contribution in [0.3, 0.4) is 0 Å². The first-order chi connectivity index (χ1) is 10.6. The Bertz CT molecular complexity index is 566. The number of nitro groups is 1. The van der Waals surface area contributed by atoms with Crippen LogP contribution >= 0.6 is 0 Å². The molecular weight excluding hydrogens is 286 g/mol. The second-order valence-corrected chi connectivity index (χ2v) is 5.80. The lowest BCUT2D eigenvalue weighted by Crippen LogP contribution is -2.32. The van der Waals surface area contributed by atoms with Gasteiger partial charge < -0.3 is 15.0 Å². The zero-order valence-corrected chi connectivity index (χ0v) is 12.2. The quantitative estimate of drug-likeness (QED) is 0.649. The lowest BCUT2D eigenvalue weighted by atomic mass is 10.0. The first kappa shape index (κ1) is 14.8. The summed E-state index contributed by atoms with van der Waals surface area (Å²) in [5.74, 6) is 1.41. The second-order valence-electron chi connectivity index (χ2n) is 5.80. The van der Waals surface area contributed by atoms with E-state index in [9.17, 15) is 14.9 Å². The number of ether oxygens (including phenoxy) is 1. The van der Waals surface area contributed by atoms with Crippen LogP contribution in [0.5, 0.6) is 5.75 Å². The van der Waals surface area contributed by atoms with E-state index in [0.717, 1.165) is 26.2 Å². The molecular formula is C15H19N3O4. The van der Waals surface area contributed by atoms with Gasteiger partial charge >= 0.3 is 5.69 Å². The van der Waals surface area contributed by atoms with Gasteiger partial charge in [0.1, 0.15) is 0 Å². The molecule has 7 nitrogen and oxygen atoms in total. The van der Waals surface area contributed by atoms with Crippen molar-refractivity contribution in [3.8, 4) is 5.75 Å². The average molecular weight is 305 g/mol. The zero-order chi connectivity index (χ0) is 15.5. The Hall–Kier alpha value is -2.15. The summed E-state index contributed by atoms with van der Waals surface area (Å²) in [7, 11) is 0. The van der Waals surface area contributed by atoms with E-state index < -0.39 is 4.92 Å². The topological polar surface area (TPSA) is 84.7 Å². The van der Waals surface area contributed by atoms with Gasteiger partial charge in [0.2, 0.25) is 5.91 Å². The molecule has 0 radical (unpaired) electrons. The lowest BCUT2D eigenvalue weighted by molar-refractivity contribution is -0.385. The highest BCUT2D eigenvalue weighted by molar-refractivity contribution is 5.76. The van der Waals surface area contributed by atoms with E-state index in [2.05, 4.69) is 5.32 Å². The maximum atomic E-state index is 12.2. The molecule has 0 spiro atoms. The van der Waals surface area contributed by atoms with Crippen LogP contribution in [-0.4, -0.2) is 48.5 Å². The Morgan fingerprint density at radius 1 is 1.32 bits per heavy atom. The SMILES string of the molecule is O=C(CCOc1ccccc1[N+](=O)[O-])N1C[C@H]2CNC[C@H]2C1. The highest BCUT2D eigenvalue weighted by Crippen LogP contribution is 2.28. The summed E-state index contributed by atoms with van der Waals surface area (Å²) in [6.45, 7) is 3.75. The molecule has 1 amide bonds. The fourth-order valence-electron chi connectivity index (χ4n) is 3.20. The number of rotatable bonds is 5. The summed E-state index contributed by atoms with van der Waals surface area (Å²) < 4.78 is 5.42. The van der Waals surface area contributed by atoms with Crippen LogP contribution in [0, 0.1) is 22.0 Å². The largest absolute Gasteiger partial charge is 0.486 e. The Balaban J connectivity index is 1.49. The predicted octanol–water partition coefficient (Wildman–Crippen LogP) is 1.04. The molecule has 2 aliphatic heterocycles. The third-order valence-electron chi connectivity index (χ3n) is 4.38. The molecule has 1 N–H and O–H groups in total. The molecule has 2 heterocycles. The van der Waals surface area contributed by atoms with E-state index in [4.69, 9.17) is 4.74 Å². The number of hydrogen-bond acceptors (Lipinski definition) is 5. The third kappa shape index (κ3) is 3.04. The summed E-state index contributed by atoms with van der Waals surface area (Å²) >= 11 is 0. The molecule has 0 unspecified atom stereocenters. The van der Waals surface area contributed by atoms with Crippen molar-refractivity contribution in [1.82, 2.24) is 10.2 Å². The van der Waals surface area contributed by atoms with Gasteiger partial charge in [0.25, 0.3) is 0 Å². The molecule has 0 aromatic heterocycles. The van der Waals surface area contributed by atoms with Gasteiger partial charge in [0.15, 0.2) is 5.75 Å². The van der Waals surface area contributed by atoms with Crippen LogP contribution in [-0.2, 0) is 4.79 Å². The third-order valence-corrected chi connectivity index (χ3v) is 4.38. The van der Waals surface area contributed by atoms with E-state index in [1.54, 1.807) is 18.2 Å². The molecule has 2 saturated heterocycles. The van der Waals surface area contributed by atoms with E-state index in [1.165, 1.54) is 6.07 Å². The first-order valence-electron chi connectivity index (χ1n) is 7.50. The molecule has 2 fully saturated rings. The number of nitrogens with zero attached hydrogens (tertiary/aromatic N) is 2. The maximum Gasteiger partial charge on any atom is 0.310 e. The monoisotopic (exact) mass is 305 g/mol. The van der Waals surface area contributed by atoms with Crippen LogP contribution in [0.25, 0.3) is 0 Å². The molecule has 2 aliphatic rings.